The van der Waals surface area contributed by atoms with Gasteiger partial charge in [0.2, 0.25) is 5.91 Å². The van der Waals surface area contributed by atoms with Crippen LogP contribution in [0.3, 0.4) is 0 Å². The number of rotatable bonds is 8. The summed E-state index contributed by atoms with van der Waals surface area (Å²) >= 11 is 2.53. The number of nitro benzene ring substituents is 1. The van der Waals surface area contributed by atoms with Gasteiger partial charge in [-0.05, 0) is 31.7 Å². The molecular weight excluding hydrogens is 504 g/mol. The minimum absolute atomic E-state index is 0.0597. The van der Waals surface area contributed by atoms with Gasteiger partial charge in [0.15, 0.2) is 11.2 Å². The van der Waals surface area contributed by atoms with Gasteiger partial charge in [-0.15, -0.1) is 22.7 Å². The number of nitrogens with zero attached hydrogens (tertiary/aromatic N) is 2. The van der Waals surface area contributed by atoms with Crippen molar-refractivity contribution in [3.8, 4) is 11.3 Å². The maximum absolute atomic E-state index is 13.1. The highest BCUT2D eigenvalue weighted by Gasteiger charge is 2.31. The minimum Gasteiger partial charge on any atom is -0.449 e. The topological polar surface area (TPSA) is 141 Å². The molecule has 4 rings (SSSR count). The van der Waals surface area contributed by atoms with Crippen LogP contribution in [-0.4, -0.2) is 33.8 Å². The Hall–Kier alpha value is -3.64. The summed E-state index contributed by atoms with van der Waals surface area (Å²) in [6.07, 6.45) is 1.36. The first-order valence-electron chi connectivity index (χ1n) is 11.3. The second-order valence-corrected chi connectivity index (χ2v) is 10.6. The summed E-state index contributed by atoms with van der Waals surface area (Å²) in [6.45, 7) is 5.00. The van der Waals surface area contributed by atoms with Crippen molar-refractivity contribution in [1.82, 2.24) is 4.98 Å². The number of carbonyl (C=O) groups excluding carboxylic acids is 3. The summed E-state index contributed by atoms with van der Waals surface area (Å²) < 4.78 is 5.48. The van der Waals surface area contributed by atoms with Crippen molar-refractivity contribution in [2.45, 2.75) is 46.1 Å². The monoisotopic (exact) mass is 528 g/mol. The van der Waals surface area contributed by atoms with Gasteiger partial charge in [-0.25, -0.2) is 9.78 Å². The third-order valence-electron chi connectivity index (χ3n) is 5.63. The van der Waals surface area contributed by atoms with Crippen molar-refractivity contribution < 1.29 is 24.0 Å². The number of aryl methyl sites for hydroxylation is 1. The molecule has 0 saturated heterocycles. The van der Waals surface area contributed by atoms with Gasteiger partial charge in [0.05, 0.1) is 16.2 Å². The fourth-order valence-electron chi connectivity index (χ4n) is 3.69. The molecule has 1 aliphatic rings. The Morgan fingerprint density at radius 2 is 1.92 bits per heavy atom. The summed E-state index contributed by atoms with van der Waals surface area (Å²) in [5.74, 6) is -1.67. The quantitative estimate of drug-likeness (QED) is 0.237. The Bertz CT molecular complexity index is 1350. The number of anilines is 2. The number of benzene rings is 1. The highest BCUT2D eigenvalue weighted by Crippen LogP contribution is 2.40. The van der Waals surface area contributed by atoms with E-state index in [1.54, 1.807) is 31.4 Å². The molecular formula is C24H24N4O6S2. The molecule has 0 spiro atoms. The van der Waals surface area contributed by atoms with Crippen molar-refractivity contribution in [3.05, 3.63) is 55.8 Å². The molecule has 1 aliphatic carbocycles. The molecule has 188 valence electrons. The van der Waals surface area contributed by atoms with Crippen LogP contribution in [0.2, 0.25) is 0 Å². The van der Waals surface area contributed by atoms with E-state index < -0.39 is 22.9 Å². The van der Waals surface area contributed by atoms with Gasteiger partial charge >= 0.3 is 5.97 Å². The molecule has 12 heteroatoms. The number of amides is 2. The lowest BCUT2D eigenvalue weighted by molar-refractivity contribution is -0.384. The molecule has 0 aliphatic heterocycles. The zero-order valence-electron chi connectivity index (χ0n) is 19.8. The van der Waals surface area contributed by atoms with Crippen molar-refractivity contribution in [1.29, 1.82) is 0 Å². The number of ether oxygens (including phenoxy) is 1. The van der Waals surface area contributed by atoms with E-state index in [1.165, 1.54) is 30.4 Å². The maximum Gasteiger partial charge on any atom is 0.342 e. The smallest absolute Gasteiger partial charge is 0.342 e. The number of hydrogen-bond acceptors (Lipinski definition) is 9. The van der Waals surface area contributed by atoms with Gasteiger partial charge in [-0.1, -0.05) is 26.0 Å². The fraction of sp³-hybridized carbons (Fsp3) is 0.333. The maximum atomic E-state index is 13.1. The Kier molecular flexibility index (Phi) is 7.45. The first-order chi connectivity index (χ1) is 17.1. The lowest BCUT2D eigenvalue weighted by Gasteiger charge is -2.14. The number of esters is 1. The summed E-state index contributed by atoms with van der Waals surface area (Å²) in [4.78, 5) is 53.9. The van der Waals surface area contributed by atoms with Gasteiger partial charge in [-0.3, -0.25) is 25.0 Å². The molecule has 3 aromatic rings. The van der Waals surface area contributed by atoms with Gasteiger partial charge in [0.25, 0.3) is 11.6 Å². The number of non-ortho nitro benzene ring substituents is 1. The van der Waals surface area contributed by atoms with Crippen LogP contribution in [0.4, 0.5) is 15.8 Å². The van der Waals surface area contributed by atoms with Crippen LogP contribution >= 0.6 is 22.7 Å². The second kappa shape index (κ2) is 10.5. The van der Waals surface area contributed by atoms with E-state index in [0.29, 0.717) is 28.2 Å². The zero-order valence-corrected chi connectivity index (χ0v) is 21.5. The average molecular weight is 529 g/mol. The van der Waals surface area contributed by atoms with Crippen molar-refractivity contribution in [2.75, 3.05) is 10.6 Å². The van der Waals surface area contributed by atoms with Crippen molar-refractivity contribution in [2.24, 2.45) is 5.92 Å². The van der Waals surface area contributed by atoms with E-state index in [1.807, 2.05) is 0 Å². The average Bonchev–Trinajstić information content (AvgIpc) is 3.55. The Morgan fingerprint density at radius 3 is 2.64 bits per heavy atom. The molecule has 0 saturated carbocycles. The number of aromatic nitrogens is 1. The molecule has 10 nitrogen and oxygen atoms in total. The number of thiazole rings is 1. The molecule has 2 N–H and O–H groups in total. The van der Waals surface area contributed by atoms with Crippen LogP contribution in [0.25, 0.3) is 11.3 Å². The highest BCUT2D eigenvalue weighted by atomic mass is 32.1. The number of nitrogens with one attached hydrogen (secondary N) is 2. The Morgan fingerprint density at radius 1 is 1.14 bits per heavy atom. The number of thiophene rings is 1. The third-order valence-corrected chi connectivity index (χ3v) is 7.59. The van der Waals surface area contributed by atoms with Crippen LogP contribution < -0.4 is 10.6 Å². The summed E-state index contributed by atoms with van der Waals surface area (Å²) in [5.41, 5.74) is 2.16. The molecule has 2 heterocycles. The number of carbonyl (C=O) groups is 3. The minimum atomic E-state index is -1.12. The molecule has 1 aromatic carbocycles. The Balaban J connectivity index is 1.44. The molecule has 2 amide bonds. The van der Waals surface area contributed by atoms with Gasteiger partial charge < -0.3 is 10.1 Å². The van der Waals surface area contributed by atoms with Crippen LogP contribution in [0, 0.1) is 16.0 Å². The second-order valence-electron chi connectivity index (χ2n) is 8.59. The van der Waals surface area contributed by atoms with Crippen molar-refractivity contribution in [3.63, 3.8) is 0 Å². The normalized spacial score (nSPS) is 13.2. The van der Waals surface area contributed by atoms with Crippen LogP contribution in [0.5, 0.6) is 0 Å². The SMILES string of the molecule is CC(C)C(=O)Nc1sc2c(c1C(=O)OC(C)C(=O)Nc1nc(-c3cccc([N+](=O)[O-])c3)cs1)CCC2. The van der Waals surface area contributed by atoms with Crippen LogP contribution in [0.15, 0.2) is 29.6 Å². The largest absolute Gasteiger partial charge is 0.449 e. The van der Waals surface area contributed by atoms with Gasteiger partial charge in [0, 0.05) is 33.9 Å². The molecule has 1 atom stereocenters. The number of hydrogen-bond donors (Lipinski definition) is 2. The Labute approximate surface area is 214 Å². The first-order valence-corrected chi connectivity index (χ1v) is 13.0. The van der Waals surface area contributed by atoms with E-state index in [9.17, 15) is 24.5 Å². The van der Waals surface area contributed by atoms with E-state index in [4.69, 9.17) is 4.74 Å². The summed E-state index contributed by atoms with van der Waals surface area (Å²) in [6, 6.07) is 6.04. The first kappa shape index (κ1) is 25.5. The van der Waals surface area contributed by atoms with Gasteiger partial charge in [-0.2, -0.15) is 0 Å². The van der Waals surface area contributed by atoms with Crippen molar-refractivity contribution >= 4 is 56.3 Å². The van der Waals surface area contributed by atoms with Crippen LogP contribution in [0.1, 0.15) is 48.0 Å². The zero-order chi connectivity index (χ0) is 26.0. The molecule has 0 bridgehead atoms. The lowest BCUT2D eigenvalue weighted by atomic mass is 10.1. The van der Waals surface area contributed by atoms with E-state index >= 15 is 0 Å². The third kappa shape index (κ3) is 5.44. The summed E-state index contributed by atoms with van der Waals surface area (Å²) in [7, 11) is 0. The van der Waals surface area contributed by atoms with E-state index in [2.05, 4.69) is 15.6 Å². The number of fused-ring (bicyclic) bond motifs is 1. The molecule has 1 unspecified atom stereocenters. The molecule has 0 radical (unpaired) electrons. The molecule has 36 heavy (non-hydrogen) atoms. The van der Waals surface area contributed by atoms with Crippen LogP contribution in [-0.2, 0) is 27.2 Å². The van der Waals surface area contributed by atoms with E-state index in [-0.39, 0.29) is 22.6 Å². The predicted octanol–water partition coefficient (Wildman–Crippen LogP) is 5.05. The van der Waals surface area contributed by atoms with Gasteiger partial charge in [0.1, 0.15) is 5.00 Å². The lowest BCUT2D eigenvalue weighted by Crippen LogP contribution is -2.30. The molecule has 0 fully saturated rings. The molecule has 2 aromatic heterocycles. The summed E-state index contributed by atoms with van der Waals surface area (Å²) in [5, 5.41) is 18.9. The highest BCUT2D eigenvalue weighted by molar-refractivity contribution is 7.17. The van der Waals surface area contributed by atoms with E-state index in [0.717, 1.165) is 34.6 Å². The fourth-order valence-corrected chi connectivity index (χ4v) is 5.69. The predicted molar refractivity (Wildman–Crippen MR) is 138 cm³/mol. The standard InChI is InChI=1S/C24H24N4O6S2/c1-12(2)20(29)26-22-19(16-8-5-9-18(16)36-22)23(31)34-13(3)21(30)27-24-25-17(11-35-24)14-6-4-7-15(10-14)28(32)33/h4,6-7,10-13H,5,8-9H2,1-3H3,(H,26,29)(H,25,27,30). The number of nitro groups is 1.